The van der Waals surface area contributed by atoms with E-state index in [-0.39, 0.29) is 17.7 Å². The van der Waals surface area contributed by atoms with Crippen LogP contribution in [-0.2, 0) is 5.41 Å². The predicted octanol–water partition coefficient (Wildman–Crippen LogP) is 7.51. The lowest BCUT2D eigenvalue weighted by Gasteiger charge is -2.51. The monoisotopic (exact) mass is 486 g/mol. The van der Waals surface area contributed by atoms with Crippen LogP contribution in [0.3, 0.4) is 0 Å². The predicted molar refractivity (Wildman–Crippen MR) is 156 cm³/mol. The third-order valence-corrected chi connectivity index (χ3v) is 10.2. The molecule has 8 rings (SSSR count). The minimum absolute atomic E-state index is 0.0369. The fraction of sp³-hybridized carbons (Fsp3) is 0.333. The Labute approximate surface area is 219 Å². The highest BCUT2D eigenvalue weighted by atomic mass is 15.5. The van der Waals surface area contributed by atoms with Crippen LogP contribution in [0, 0.1) is 26.7 Å². The lowest BCUT2D eigenvalue weighted by atomic mass is 9.66. The van der Waals surface area contributed by atoms with Gasteiger partial charge in [0.05, 0.1) is 22.7 Å². The summed E-state index contributed by atoms with van der Waals surface area (Å²) in [7, 11) is 4.60. The summed E-state index contributed by atoms with van der Waals surface area (Å²) < 4.78 is 0. The molecule has 0 radical (unpaired) electrons. The molecule has 4 aliphatic heterocycles. The van der Waals surface area contributed by atoms with Crippen LogP contribution in [0.25, 0.3) is 10.8 Å². The molecule has 0 fully saturated rings. The average molecular weight is 487 g/mol. The van der Waals surface area contributed by atoms with Gasteiger partial charge in [0.15, 0.2) is 0 Å². The summed E-state index contributed by atoms with van der Waals surface area (Å²) in [5.41, 5.74) is 13.7. The van der Waals surface area contributed by atoms with Gasteiger partial charge in [0.1, 0.15) is 12.3 Å². The Morgan fingerprint density at radius 2 is 1.19 bits per heavy atom. The number of benzene rings is 4. The Bertz CT molecular complexity index is 1670. The zero-order valence-corrected chi connectivity index (χ0v) is 22.8. The third-order valence-electron chi connectivity index (χ3n) is 10.2. The van der Waals surface area contributed by atoms with E-state index in [1.54, 1.807) is 0 Å². The fourth-order valence-corrected chi connectivity index (χ4v) is 8.19. The molecule has 4 atom stereocenters. The normalized spacial score (nSPS) is 26.4. The Balaban J connectivity index is 1.43. The van der Waals surface area contributed by atoms with Crippen molar-refractivity contribution < 1.29 is 0 Å². The molecule has 4 aromatic rings. The van der Waals surface area contributed by atoms with Crippen LogP contribution in [-0.4, -0.2) is 26.4 Å². The van der Waals surface area contributed by atoms with E-state index in [0.29, 0.717) is 5.92 Å². The smallest absolute Gasteiger partial charge is 0.116 e. The van der Waals surface area contributed by atoms with Gasteiger partial charge >= 0.3 is 0 Å². The summed E-state index contributed by atoms with van der Waals surface area (Å²) in [5.74, 6) is 0.399. The van der Waals surface area contributed by atoms with Gasteiger partial charge in [-0.1, -0.05) is 38.1 Å². The molecule has 4 nitrogen and oxygen atoms in total. The molecule has 4 unspecified atom stereocenters. The molecule has 4 aliphatic rings. The second-order valence-electron chi connectivity index (χ2n) is 12.1. The molecule has 186 valence electrons. The first-order valence-corrected chi connectivity index (χ1v) is 13.5. The lowest BCUT2D eigenvalue weighted by molar-refractivity contribution is 0.229. The first-order chi connectivity index (χ1) is 17.7. The number of hydrogen-bond donors (Lipinski definition) is 0. The lowest BCUT2D eigenvalue weighted by Crippen LogP contribution is -2.61. The molecule has 0 spiro atoms. The second kappa shape index (κ2) is 6.61. The maximum atomic E-state index is 2.66. The van der Waals surface area contributed by atoms with Crippen LogP contribution in [0.5, 0.6) is 0 Å². The second-order valence-corrected chi connectivity index (χ2v) is 12.1. The van der Waals surface area contributed by atoms with E-state index in [0.717, 1.165) is 0 Å². The first-order valence-electron chi connectivity index (χ1n) is 13.5. The Morgan fingerprint density at radius 1 is 0.649 bits per heavy atom. The summed E-state index contributed by atoms with van der Waals surface area (Å²) in [6.07, 6.45) is 0.520. The van der Waals surface area contributed by atoms with Gasteiger partial charge in [-0.3, -0.25) is 0 Å². The molecule has 0 aliphatic carbocycles. The van der Waals surface area contributed by atoms with Gasteiger partial charge in [-0.15, -0.1) is 0 Å². The Hall–Kier alpha value is -3.66. The number of nitrogens with zero attached hydrogens (tertiary/aromatic N) is 4. The molecule has 0 saturated heterocycles. The molecule has 4 aromatic carbocycles. The minimum atomic E-state index is -0.0369. The van der Waals surface area contributed by atoms with Crippen molar-refractivity contribution in [1.29, 1.82) is 0 Å². The van der Waals surface area contributed by atoms with Gasteiger partial charge in [-0.05, 0) is 84.6 Å². The largest absolute Gasteiger partial charge is 0.352 e. The average Bonchev–Trinajstić information content (AvgIpc) is 3.42. The standard InChI is InChI=1S/C33H34N4/c1-18-12-28-30-29(13-18)37-26-15-20(3)19(2)14-24(26)35(7)32(37)33(30,5)21(4)31-34(6)25-16-22-10-8-9-11-23(22)17-27(25)36(28)31/h8-17,21,31-32H,1-7H3. The summed E-state index contributed by atoms with van der Waals surface area (Å²) in [4.78, 5) is 10.4. The summed E-state index contributed by atoms with van der Waals surface area (Å²) >= 11 is 0. The zero-order chi connectivity index (χ0) is 25.5. The molecule has 0 aromatic heterocycles. The van der Waals surface area contributed by atoms with Gasteiger partial charge in [0.2, 0.25) is 0 Å². The van der Waals surface area contributed by atoms with E-state index in [2.05, 4.69) is 129 Å². The number of anilines is 6. The van der Waals surface area contributed by atoms with Crippen LogP contribution in [0.1, 0.15) is 36.1 Å². The van der Waals surface area contributed by atoms with Crippen molar-refractivity contribution in [3.63, 3.8) is 0 Å². The van der Waals surface area contributed by atoms with E-state index in [4.69, 9.17) is 0 Å². The van der Waals surface area contributed by atoms with Crippen LogP contribution in [0.4, 0.5) is 34.1 Å². The van der Waals surface area contributed by atoms with Gasteiger partial charge in [-0.2, -0.15) is 0 Å². The quantitative estimate of drug-likeness (QED) is 0.255. The van der Waals surface area contributed by atoms with Crippen molar-refractivity contribution in [2.24, 2.45) is 5.92 Å². The van der Waals surface area contributed by atoms with Gasteiger partial charge in [0.25, 0.3) is 0 Å². The molecule has 4 heterocycles. The van der Waals surface area contributed by atoms with E-state index >= 15 is 0 Å². The van der Waals surface area contributed by atoms with Gasteiger partial charge < -0.3 is 19.6 Å². The highest BCUT2D eigenvalue weighted by Gasteiger charge is 2.64. The van der Waals surface area contributed by atoms with Crippen molar-refractivity contribution in [1.82, 2.24) is 0 Å². The maximum absolute atomic E-state index is 2.66. The van der Waals surface area contributed by atoms with Crippen molar-refractivity contribution in [3.05, 3.63) is 82.9 Å². The number of rotatable bonds is 0. The topological polar surface area (TPSA) is 13.0 Å². The number of hydrogen-bond acceptors (Lipinski definition) is 4. The fourth-order valence-electron chi connectivity index (χ4n) is 8.19. The number of fused-ring (bicyclic) bond motifs is 10. The van der Waals surface area contributed by atoms with Crippen LogP contribution in [0.2, 0.25) is 0 Å². The molecule has 4 heteroatoms. The molecule has 0 saturated carbocycles. The van der Waals surface area contributed by atoms with Crippen LogP contribution < -0.4 is 19.6 Å². The van der Waals surface area contributed by atoms with Gasteiger partial charge in [0, 0.05) is 42.4 Å². The molecular weight excluding hydrogens is 452 g/mol. The van der Waals surface area contributed by atoms with Crippen LogP contribution >= 0.6 is 0 Å². The van der Waals surface area contributed by atoms with Crippen molar-refractivity contribution in [2.45, 2.75) is 52.4 Å². The number of aryl methyl sites for hydroxylation is 3. The third kappa shape index (κ3) is 2.32. The highest BCUT2D eigenvalue weighted by molar-refractivity contribution is 6.00. The van der Waals surface area contributed by atoms with E-state index < -0.39 is 0 Å². The summed E-state index contributed by atoms with van der Waals surface area (Å²) in [5, 5.41) is 2.62. The molecule has 0 bridgehead atoms. The Kier molecular flexibility index (Phi) is 3.83. The van der Waals surface area contributed by atoms with Gasteiger partial charge in [-0.25, -0.2) is 0 Å². The zero-order valence-electron chi connectivity index (χ0n) is 22.8. The summed E-state index contributed by atoms with van der Waals surface area (Å²) in [6, 6.07) is 23.3. The van der Waals surface area contributed by atoms with Crippen LogP contribution in [0.15, 0.2) is 60.7 Å². The first kappa shape index (κ1) is 21.4. The minimum Gasteiger partial charge on any atom is -0.352 e. The highest BCUT2D eigenvalue weighted by Crippen LogP contribution is 2.67. The van der Waals surface area contributed by atoms with Crippen molar-refractivity contribution >= 4 is 44.9 Å². The molecule has 0 amide bonds. The van der Waals surface area contributed by atoms with E-state index in [1.165, 1.54) is 67.2 Å². The molecular formula is C33H34N4. The maximum Gasteiger partial charge on any atom is 0.116 e. The van der Waals surface area contributed by atoms with Crippen molar-refractivity contribution in [2.75, 3.05) is 33.7 Å². The SMILES string of the molecule is Cc1cc2c3c(c1)N1c4cc(C)c(C)cc4N(C)C1C3(C)C(C)C1N(C)c3cc4ccccc4cc3N21. The molecule has 0 N–H and O–H groups in total. The van der Waals surface area contributed by atoms with Crippen molar-refractivity contribution in [3.8, 4) is 0 Å². The molecule has 37 heavy (non-hydrogen) atoms. The Morgan fingerprint density at radius 3 is 1.86 bits per heavy atom. The van der Waals surface area contributed by atoms with E-state index in [9.17, 15) is 0 Å². The van der Waals surface area contributed by atoms with E-state index in [1.807, 2.05) is 0 Å². The number of likely N-dealkylation sites (N-methyl/N-ethyl adjacent to an activating group) is 1. The summed E-state index contributed by atoms with van der Waals surface area (Å²) in [6.45, 7) is 11.8.